The van der Waals surface area contributed by atoms with Crippen molar-refractivity contribution in [3.8, 4) is 11.5 Å². The second-order valence-corrected chi connectivity index (χ2v) is 8.73. The molecule has 2 atom stereocenters. The lowest BCUT2D eigenvalue weighted by molar-refractivity contribution is -0.141. The lowest BCUT2D eigenvalue weighted by atomic mass is 10.0. The molecule has 0 radical (unpaired) electrons. The molecule has 0 aliphatic carbocycles. The maximum atomic E-state index is 13.4. The summed E-state index contributed by atoms with van der Waals surface area (Å²) in [7, 11) is 0. The highest BCUT2D eigenvalue weighted by molar-refractivity contribution is 5.88. The molecule has 0 aromatic heterocycles. The molecule has 1 aliphatic rings. The molecular weight excluding hydrogens is 416 g/mol. The van der Waals surface area contributed by atoms with Crippen LogP contribution in [0.15, 0.2) is 42.5 Å². The first kappa shape index (κ1) is 24.6. The van der Waals surface area contributed by atoms with Crippen molar-refractivity contribution in [3.63, 3.8) is 0 Å². The predicted octanol–water partition coefficient (Wildman–Crippen LogP) is 4.42. The summed E-state index contributed by atoms with van der Waals surface area (Å²) in [5.74, 6) is 1.34. The lowest BCUT2D eigenvalue weighted by Gasteiger charge is -2.31. The van der Waals surface area contributed by atoms with E-state index in [2.05, 4.69) is 11.4 Å². The van der Waals surface area contributed by atoms with Crippen LogP contribution in [0.2, 0.25) is 0 Å². The largest absolute Gasteiger partial charge is 0.486 e. The second kappa shape index (κ2) is 11.7. The van der Waals surface area contributed by atoms with Gasteiger partial charge in [-0.05, 0) is 56.4 Å². The van der Waals surface area contributed by atoms with Gasteiger partial charge in [0.05, 0.1) is 0 Å². The zero-order valence-corrected chi connectivity index (χ0v) is 20.2. The van der Waals surface area contributed by atoms with E-state index in [1.807, 2.05) is 64.1 Å². The van der Waals surface area contributed by atoms with E-state index in [9.17, 15) is 9.59 Å². The summed E-state index contributed by atoms with van der Waals surface area (Å²) in [6.45, 7) is 9.50. The van der Waals surface area contributed by atoms with Crippen LogP contribution in [0.5, 0.6) is 11.5 Å². The van der Waals surface area contributed by atoms with E-state index in [0.717, 1.165) is 34.6 Å². The lowest BCUT2D eigenvalue weighted by Crippen LogP contribution is -2.50. The third-order valence-electron chi connectivity index (χ3n) is 6.06. The van der Waals surface area contributed by atoms with Gasteiger partial charge in [-0.25, -0.2) is 0 Å². The van der Waals surface area contributed by atoms with E-state index >= 15 is 0 Å². The molecule has 178 valence electrons. The number of carbonyl (C=O) groups is 2. The number of amides is 2. The zero-order valence-electron chi connectivity index (χ0n) is 20.2. The number of aryl methyl sites for hydroxylation is 2. The number of nitrogens with one attached hydrogen (secondary N) is 1. The average Bonchev–Trinajstić information content (AvgIpc) is 2.82. The first-order chi connectivity index (χ1) is 15.9. The van der Waals surface area contributed by atoms with Crippen molar-refractivity contribution in [1.82, 2.24) is 10.2 Å². The third-order valence-corrected chi connectivity index (χ3v) is 6.06. The molecule has 0 unspecified atom stereocenters. The van der Waals surface area contributed by atoms with Crippen LogP contribution in [0, 0.1) is 6.92 Å². The standard InChI is InChI=1S/C27H36N2O4/c1-5-20(4)28-27(31)23(6-2)29(18-22-9-7-8-19(3)16-22)26(30)13-11-21-10-12-24-25(17-21)33-15-14-32-24/h7-10,12,16-17,20,23H,5-6,11,13-15,18H2,1-4H3,(H,28,31)/t20-,23-/m0/s1. The summed E-state index contributed by atoms with van der Waals surface area (Å²) in [6, 6.07) is 13.5. The van der Waals surface area contributed by atoms with Gasteiger partial charge in [0, 0.05) is 19.0 Å². The average molecular weight is 453 g/mol. The Balaban J connectivity index is 1.76. The summed E-state index contributed by atoms with van der Waals surface area (Å²) in [5.41, 5.74) is 3.17. The predicted molar refractivity (Wildman–Crippen MR) is 129 cm³/mol. The van der Waals surface area contributed by atoms with Crippen molar-refractivity contribution >= 4 is 11.8 Å². The van der Waals surface area contributed by atoms with Gasteiger partial charge in [0.15, 0.2) is 11.5 Å². The first-order valence-corrected chi connectivity index (χ1v) is 11.9. The SMILES string of the molecule is CC[C@H](C)NC(=O)[C@H](CC)N(Cc1cccc(C)c1)C(=O)CCc1ccc2c(c1)OCCO2. The third kappa shape index (κ3) is 6.73. The van der Waals surface area contributed by atoms with Gasteiger partial charge in [-0.3, -0.25) is 9.59 Å². The zero-order chi connectivity index (χ0) is 23.8. The molecule has 1 heterocycles. The van der Waals surface area contributed by atoms with E-state index in [1.165, 1.54) is 0 Å². The maximum absolute atomic E-state index is 13.4. The molecule has 0 fully saturated rings. The fourth-order valence-corrected chi connectivity index (χ4v) is 4.01. The molecule has 0 bridgehead atoms. The van der Waals surface area contributed by atoms with Crippen molar-refractivity contribution in [2.45, 2.75) is 72.0 Å². The molecule has 1 aliphatic heterocycles. The van der Waals surface area contributed by atoms with Gasteiger partial charge < -0.3 is 19.7 Å². The van der Waals surface area contributed by atoms with E-state index in [0.29, 0.717) is 39.0 Å². The van der Waals surface area contributed by atoms with Crippen LogP contribution >= 0.6 is 0 Å². The van der Waals surface area contributed by atoms with Crippen molar-refractivity contribution in [2.75, 3.05) is 13.2 Å². The van der Waals surface area contributed by atoms with Crippen LogP contribution in [0.1, 0.15) is 56.7 Å². The smallest absolute Gasteiger partial charge is 0.243 e. The Morgan fingerprint density at radius 3 is 2.45 bits per heavy atom. The molecular formula is C27H36N2O4. The van der Waals surface area contributed by atoms with E-state index < -0.39 is 6.04 Å². The van der Waals surface area contributed by atoms with Crippen LogP contribution in [0.3, 0.4) is 0 Å². The number of rotatable bonds is 10. The van der Waals surface area contributed by atoms with Crippen LogP contribution in [0.4, 0.5) is 0 Å². The van der Waals surface area contributed by atoms with Gasteiger partial charge in [0.2, 0.25) is 11.8 Å². The number of carbonyl (C=O) groups excluding carboxylic acids is 2. The number of hydrogen-bond acceptors (Lipinski definition) is 4. The van der Waals surface area contributed by atoms with Gasteiger partial charge in [-0.2, -0.15) is 0 Å². The number of fused-ring (bicyclic) bond motifs is 1. The normalized spacial score (nSPS) is 14.3. The van der Waals surface area contributed by atoms with Crippen LogP contribution in [0.25, 0.3) is 0 Å². The minimum absolute atomic E-state index is 0.0300. The summed E-state index contributed by atoms with van der Waals surface area (Å²) in [5, 5.41) is 3.06. The molecule has 1 N–H and O–H groups in total. The monoisotopic (exact) mass is 452 g/mol. The Hall–Kier alpha value is -3.02. The molecule has 6 nitrogen and oxygen atoms in total. The van der Waals surface area contributed by atoms with Gasteiger partial charge >= 0.3 is 0 Å². The van der Waals surface area contributed by atoms with Crippen molar-refractivity contribution < 1.29 is 19.1 Å². The molecule has 3 rings (SSSR count). The Morgan fingerprint density at radius 1 is 1.00 bits per heavy atom. The Labute approximate surface area is 197 Å². The van der Waals surface area contributed by atoms with E-state index in [4.69, 9.17) is 9.47 Å². The molecule has 2 aromatic rings. The number of benzene rings is 2. The topological polar surface area (TPSA) is 67.9 Å². The fourth-order valence-electron chi connectivity index (χ4n) is 4.01. The highest BCUT2D eigenvalue weighted by Gasteiger charge is 2.29. The Kier molecular flexibility index (Phi) is 8.75. The molecule has 33 heavy (non-hydrogen) atoms. The highest BCUT2D eigenvalue weighted by Crippen LogP contribution is 2.31. The van der Waals surface area contributed by atoms with Gasteiger partial charge in [-0.1, -0.05) is 49.7 Å². The van der Waals surface area contributed by atoms with Crippen LogP contribution < -0.4 is 14.8 Å². The Morgan fingerprint density at radius 2 is 1.76 bits per heavy atom. The molecule has 2 aromatic carbocycles. The number of hydrogen-bond donors (Lipinski definition) is 1. The van der Waals surface area contributed by atoms with Gasteiger partial charge in [0.1, 0.15) is 19.3 Å². The molecule has 6 heteroatoms. The van der Waals surface area contributed by atoms with Crippen molar-refractivity contribution in [3.05, 3.63) is 59.2 Å². The minimum atomic E-state index is -0.507. The van der Waals surface area contributed by atoms with Crippen molar-refractivity contribution in [2.24, 2.45) is 0 Å². The maximum Gasteiger partial charge on any atom is 0.243 e. The first-order valence-electron chi connectivity index (χ1n) is 11.9. The summed E-state index contributed by atoms with van der Waals surface area (Å²) in [4.78, 5) is 28.2. The second-order valence-electron chi connectivity index (χ2n) is 8.73. The van der Waals surface area contributed by atoms with Crippen LogP contribution in [-0.2, 0) is 22.6 Å². The Bertz CT molecular complexity index is 959. The highest BCUT2D eigenvalue weighted by atomic mass is 16.6. The van der Waals surface area contributed by atoms with Gasteiger partial charge in [0.25, 0.3) is 0 Å². The molecule has 0 saturated heterocycles. The fraction of sp³-hybridized carbons (Fsp3) is 0.481. The molecule has 0 spiro atoms. The number of ether oxygens (including phenoxy) is 2. The molecule has 0 saturated carbocycles. The summed E-state index contributed by atoms with van der Waals surface area (Å²) in [6.07, 6.45) is 2.30. The van der Waals surface area contributed by atoms with Gasteiger partial charge in [-0.15, -0.1) is 0 Å². The summed E-state index contributed by atoms with van der Waals surface area (Å²) >= 11 is 0. The number of nitrogens with zero attached hydrogens (tertiary/aromatic N) is 1. The van der Waals surface area contributed by atoms with E-state index in [1.54, 1.807) is 4.90 Å². The van der Waals surface area contributed by atoms with Crippen molar-refractivity contribution in [1.29, 1.82) is 0 Å². The quantitative estimate of drug-likeness (QED) is 0.579. The van der Waals surface area contributed by atoms with E-state index in [-0.39, 0.29) is 17.9 Å². The minimum Gasteiger partial charge on any atom is -0.486 e. The summed E-state index contributed by atoms with van der Waals surface area (Å²) < 4.78 is 11.3. The van der Waals surface area contributed by atoms with Crippen LogP contribution in [-0.4, -0.2) is 42.0 Å². The molecule has 2 amide bonds.